The molecule has 0 bridgehead atoms. The second kappa shape index (κ2) is 22.5. The van der Waals surface area contributed by atoms with E-state index in [1.807, 2.05) is 9.80 Å². The molecule has 2 saturated heterocycles. The number of benzene rings is 3. The van der Waals surface area contributed by atoms with Crippen LogP contribution in [0.25, 0.3) is 33.4 Å². The third kappa shape index (κ3) is 11.9. The van der Waals surface area contributed by atoms with E-state index in [4.69, 9.17) is 36.6 Å². The van der Waals surface area contributed by atoms with Crippen LogP contribution < -0.4 is 37.7 Å². The number of carboxylic acid groups (broad SMARTS) is 1. The van der Waals surface area contributed by atoms with Gasteiger partial charge in [-0.05, 0) is 87.5 Å². The highest BCUT2D eigenvalue weighted by Crippen LogP contribution is 2.42. The van der Waals surface area contributed by atoms with E-state index in [0.29, 0.717) is 123 Å². The zero-order valence-corrected chi connectivity index (χ0v) is 41.2. The van der Waals surface area contributed by atoms with Gasteiger partial charge < -0.3 is 61.9 Å². The maximum Gasteiger partial charge on any atom is 0.336 e. The average Bonchev–Trinajstić information content (AvgIpc) is 4.06. The Kier molecular flexibility index (Phi) is 15.4. The molecule has 10 N–H and O–H groups in total. The monoisotopic (exact) mass is 1030 g/mol. The number of aliphatic hydroxyl groups excluding tert-OH is 1. The van der Waals surface area contributed by atoms with E-state index in [-0.39, 0.29) is 71.4 Å². The Morgan fingerprint density at radius 3 is 2.17 bits per heavy atom. The number of nitrogens with one attached hydrogen (secondary N) is 1. The van der Waals surface area contributed by atoms with Gasteiger partial charge in [0.05, 0.1) is 23.1 Å². The van der Waals surface area contributed by atoms with Gasteiger partial charge in [0.15, 0.2) is 17.4 Å². The summed E-state index contributed by atoms with van der Waals surface area (Å²) in [4.78, 5) is 78.9. The van der Waals surface area contributed by atoms with Gasteiger partial charge in [-0.25, -0.2) is 14.2 Å². The number of hydrogen-bond acceptors (Lipinski definition) is 19. The van der Waals surface area contributed by atoms with Crippen LogP contribution in [0.5, 0.6) is 5.75 Å². The van der Waals surface area contributed by atoms with E-state index in [2.05, 4.69) is 30.9 Å². The third-order valence-corrected chi connectivity index (χ3v) is 13.1. The Morgan fingerprint density at radius 1 is 0.800 bits per heavy atom. The van der Waals surface area contributed by atoms with Gasteiger partial charge in [-0.15, -0.1) is 10.2 Å². The van der Waals surface area contributed by atoms with Crippen molar-refractivity contribution in [1.29, 1.82) is 0 Å². The average molecular weight is 1030 g/mol. The van der Waals surface area contributed by atoms with Crippen molar-refractivity contribution in [2.24, 2.45) is 22.2 Å². The summed E-state index contributed by atoms with van der Waals surface area (Å²) in [6.07, 6.45) is 5.92. The number of nitrogens with zero attached hydrogens (tertiary/aromatic N) is 14. The molecule has 6 heterocycles. The maximum absolute atomic E-state index is 14.0. The summed E-state index contributed by atoms with van der Waals surface area (Å²) in [5, 5.41) is 52.3. The number of carboxylic acids is 1. The summed E-state index contributed by atoms with van der Waals surface area (Å²) in [6, 6.07) is 12.6. The highest BCUT2D eigenvalue weighted by molar-refractivity contribution is 6.08. The van der Waals surface area contributed by atoms with Gasteiger partial charge >= 0.3 is 5.97 Å². The number of aromatic hydroxyl groups is 1. The minimum Gasteiger partial charge on any atom is -0.508 e. The number of hydrogen-bond donors (Lipinski definition) is 7. The largest absolute Gasteiger partial charge is 0.508 e. The standard InChI is InChI=1S/C49H58N18O8/c1-29(68)43(67-27-32(59-61-67)5-2-3-13-50)44(72)63-17-21-65(22-18-63)49-56-47(55-48(57-49)64-19-15-62(16-20-64)41(71)28-66-26-31(58-60-66)6-4-14-53-46(51)52)54-30-7-10-35(38(23-30)45(73)74)42-36-11-8-33(69)24-39(36)75-40-25-34(70)9-12-37(40)42/h7-12,23-27,29,43,68-69H,2-6,13-22,28,50H2,1H3,(H,73,74)(H4,51,52,53)(H,54,55,56,57)/t29-,43+/m1/s1. The van der Waals surface area contributed by atoms with Crippen LogP contribution >= 0.6 is 0 Å². The fourth-order valence-electron chi connectivity index (χ4n) is 9.25. The summed E-state index contributed by atoms with van der Waals surface area (Å²) in [5.41, 5.74) is 19.4. The highest BCUT2D eigenvalue weighted by Gasteiger charge is 2.34. The highest BCUT2D eigenvalue weighted by atomic mass is 16.4. The van der Waals surface area contributed by atoms with Gasteiger partial charge in [-0.1, -0.05) is 16.5 Å². The first-order valence-electron chi connectivity index (χ1n) is 24.6. The minimum absolute atomic E-state index is 0.000259. The molecule has 0 saturated carbocycles. The van der Waals surface area contributed by atoms with E-state index in [0.717, 1.165) is 12.8 Å². The number of piperazine rings is 2. The summed E-state index contributed by atoms with van der Waals surface area (Å²) >= 11 is 0. The lowest BCUT2D eigenvalue weighted by Crippen LogP contribution is -2.52. The van der Waals surface area contributed by atoms with E-state index < -0.39 is 18.1 Å². The number of carbonyl (C=O) groups is 3. The van der Waals surface area contributed by atoms with E-state index >= 15 is 0 Å². The number of unbranched alkanes of at least 4 members (excludes halogenated alkanes) is 1. The lowest BCUT2D eigenvalue weighted by Gasteiger charge is -2.37. The Labute approximate surface area is 428 Å². The molecule has 1 aliphatic carbocycles. The number of aliphatic imine (C=N–C) groups is 1. The zero-order chi connectivity index (χ0) is 52.8. The fourth-order valence-corrected chi connectivity index (χ4v) is 9.25. The van der Waals surface area contributed by atoms with Crippen LogP contribution in [0.15, 0.2) is 81.2 Å². The topological polar surface area (TPSA) is 358 Å². The van der Waals surface area contributed by atoms with E-state index in [1.165, 1.54) is 39.7 Å². The van der Waals surface area contributed by atoms with Gasteiger partial charge in [0.25, 0.3) is 0 Å². The third-order valence-electron chi connectivity index (χ3n) is 13.1. The number of phenolic OH excluding ortho intramolecular Hbond substituents is 1. The van der Waals surface area contributed by atoms with Crippen LogP contribution in [0.4, 0.5) is 23.5 Å². The predicted molar refractivity (Wildman–Crippen MR) is 276 cm³/mol. The lowest BCUT2D eigenvalue weighted by molar-refractivity contribution is -0.138. The molecule has 392 valence electrons. The van der Waals surface area contributed by atoms with Gasteiger partial charge in [-0.3, -0.25) is 19.4 Å². The Balaban J connectivity index is 0.963. The molecule has 26 heteroatoms. The first-order valence-corrected chi connectivity index (χ1v) is 24.6. The number of rotatable bonds is 19. The van der Waals surface area contributed by atoms with Crippen molar-refractivity contribution in [3.05, 3.63) is 94.2 Å². The van der Waals surface area contributed by atoms with Crippen LogP contribution in [-0.2, 0) is 29.0 Å². The lowest BCUT2D eigenvalue weighted by atomic mass is 9.90. The van der Waals surface area contributed by atoms with Crippen molar-refractivity contribution >= 4 is 58.2 Å². The Morgan fingerprint density at radius 2 is 1.48 bits per heavy atom. The number of aliphatic hydroxyl groups is 1. The van der Waals surface area contributed by atoms with Gasteiger partial charge in [0, 0.05) is 106 Å². The number of aromatic nitrogens is 9. The van der Waals surface area contributed by atoms with Crippen LogP contribution in [0.1, 0.15) is 54.0 Å². The second-order valence-corrected chi connectivity index (χ2v) is 18.4. The molecule has 75 heavy (non-hydrogen) atoms. The predicted octanol–water partition coefficient (Wildman–Crippen LogP) is 1.19. The van der Waals surface area contributed by atoms with Crippen molar-refractivity contribution in [2.75, 3.05) is 80.6 Å². The number of amides is 2. The van der Waals surface area contributed by atoms with Crippen molar-refractivity contribution in [3.63, 3.8) is 0 Å². The maximum atomic E-state index is 14.0. The number of phenols is 1. The van der Waals surface area contributed by atoms with Crippen LogP contribution in [0.2, 0.25) is 0 Å². The summed E-state index contributed by atoms with van der Waals surface area (Å²) in [6.45, 7) is 5.18. The number of carbonyl (C=O) groups excluding carboxylic acids is 2. The molecule has 2 aromatic carbocycles. The number of anilines is 4. The smallest absolute Gasteiger partial charge is 0.336 e. The van der Waals surface area contributed by atoms with E-state index in [9.17, 15) is 34.5 Å². The molecular formula is C49H58N18O8. The number of aryl methyl sites for hydroxylation is 2. The minimum atomic E-state index is -1.24. The molecule has 4 aliphatic rings. The molecule has 2 fully saturated rings. The molecule has 0 radical (unpaired) electrons. The number of guanidine groups is 1. The SMILES string of the molecule is C[C@@H](O)[C@@H](C(=O)N1CCN(c2nc(Nc3ccc(-c4c5ccc(=O)cc-5oc5cc(O)ccc45)c(C(=O)O)c3)nc(N3CCN(C(=O)Cn4cc(CCCN=C(N)N)nn4)CC3)n2)CC1)n1cc(CCCCN)nn1. The van der Waals surface area contributed by atoms with Crippen LogP contribution in [0, 0.1) is 0 Å². The Bertz CT molecular complexity index is 3240. The quantitative estimate of drug-likeness (QED) is 0.0259. The van der Waals surface area contributed by atoms with Crippen LogP contribution in [0.3, 0.4) is 0 Å². The second-order valence-electron chi connectivity index (χ2n) is 18.4. The van der Waals surface area contributed by atoms with Gasteiger partial charge in [0.2, 0.25) is 29.7 Å². The normalized spacial score (nSPS) is 14.8. The molecular weight excluding hydrogens is 969 g/mol. The first-order chi connectivity index (χ1) is 36.2. The molecule has 9 rings (SSSR count). The Hall–Kier alpha value is -8.78. The van der Waals surface area contributed by atoms with Crippen LogP contribution in [-0.4, -0.2) is 165 Å². The van der Waals surface area contributed by atoms with Gasteiger partial charge in [0.1, 0.15) is 23.6 Å². The summed E-state index contributed by atoms with van der Waals surface area (Å²) in [5.74, 6) is -0.819. The molecule has 3 aromatic heterocycles. The summed E-state index contributed by atoms with van der Waals surface area (Å²) < 4.78 is 8.93. The molecule has 26 nitrogen and oxygen atoms in total. The number of nitrogens with two attached hydrogens (primary N) is 3. The molecule has 3 aliphatic heterocycles. The van der Waals surface area contributed by atoms with Crippen molar-refractivity contribution in [1.82, 2.24) is 54.7 Å². The number of aromatic carboxylic acids is 1. The first kappa shape index (κ1) is 51.1. The molecule has 0 spiro atoms. The van der Waals surface area contributed by atoms with Gasteiger partial charge in [-0.2, -0.15) is 15.0 Å². The van der Waals surface area contributed by atoms with Crippen molar-refractivity contribution < 1.29 is 34.1 Å². The molecule has 2 atom stereocenters. The molecule has 0 unspecified atom stereocenters. The fraction of sp³-hybridized carbons (Fsp3) is 0.388. The zero-order valence-electron chi connectivity index (χ0n) is 41.2. The van der Waals surface area contributed by atoms with Crippen molar-refractivity contribution in [3.8, 4) is 28.2 Å². The molecule has 5 aromatic rings. The molecule has 2 amide bonds. The van der Waals surface area contributed by atoms with E-state index in [1.54, 1.807) is 53.4 Å². The summed E-state index contributed by atoms with van der Waals surface area (Å²) in [7, 11) is 0. The van der Waals surface area contributed by atoms with Crippen molar-refractivity contribution in [2.45, 2.75) is 57.7 Å². The number of fused-ring (bicyclic) bond motifs is 2.